The number of ether oxygens (including phenoxy) is 4. The van der Waals surface area contributed by atoms with E-state index >= 15 is 0 Å². The third-order valence-electron chi connectivity index (χ3n) is 6.04. The molecule has 9 heteroatoms. The molecule has 0 atom stereocenters. The van der Waals surface area contributed by atoms with E-state index in [2.05, 4.69) is 0 Å². The van der Waals surface area contributed by atoms with Crippen molar-refractivity contribution in [3.63, 3.8) is 0 Å². The fourth-order valence-corrected chi connectivity index (χ4v) is 5.46. The summed E-state index contributed by atoms with van der Waals surface area (Å²) in [5.41, 5.74) is 0.845. The van der Waals surface area contributed by atoms with Crippen LogP contribution in [0.25, 0.3) is 0 Å². The third kappa shape index (κ3) is 5.28. The highest BCUT2D eigenvalue weighted by atomic mass is 32.2. The summed E-state index contributed by atoms with van der Waals surface area (Å²) >= 11 is 0. The fraction of sp³-hybridized carbons (Fsp3) is 0.308. The molecular formula is C26H29NO7S. The lowest BCUT2D eigenvalue weighted by Crippen LogP contribution is -2.46. The Balaban J connectivity index is 1.74. The van der Waals surface area contributed by atoms with Crippen LogP contribution in [0.2, 0.25) is 0 Å². The minimum Gasteiger partial charge on any atom is -0.497 e. The van der Waals surface area contributed by atoms with Gasteiger partial charge >= 0.3 is 0 Å². The molecule has 1 aliphatic rings. The van der Waals surface area contributed by atoms with E-state index in [4.69, 9.17) is 18.9 Å². The minimum absolute atomic E-state index is 0.0140. The lowest BCUT2D eigenvalue weighted by Gasteiger charge is -2.37. The number of hydrogen-bond acceptors (Lipinski definition) is 7. The molecule has 4 rings (SSSR count). The topological polar surface area (TPSA) is 94.5 Å². The molecule has 1 heterocycles. The number of sulfonamides is 1. The van der Waals surface area contributed by atoms with Gasteiger partial charge in [0.05, 0.1) is 34.5 Å². The predicted molar refractivity (Wildman–Crippen MR) is 130 cm³/mol. The maximum absolute atomic E-state index is 14.0. The van der Waals surface area contributed by atoms with Gasteiger partial charge in [0.15, 0.2) is 0 Å². The molecule has 1 fully saturated rings. The first-order valence-electron chi connectivity index (χ1n) is 11.0. The number of methoxy groups -OCH3 is 3. The van der Waals surface area contributed by atoms with Crippen LogP contribution in [0, 0.1) is 0 Å². The monoisotopic (exact) mass is 499 g/mol. The molecule has 0 spiro atoms. The van der Waals surface area contributed by atoms with Crippen LogP contribution in [0.3, 0.4) is 0 Å². The Hall–Kier alpha value is -3.11. The molecule has 1 saturated heterocycles. The fourth-order valence-electron chi connectivity index (χ4n) is 3.86. The van der Waals surface area contributed by atoms with Crippen molar-refractivity contribution in [2.75, 3.05) is 34.5 Å². The summed E-state index contributed by atoms with van der Waals surface area (Å²) in [5.74, 6) is 1.57. The van der Waals surface area contributed by atoms with Crippen molar-refractivity contribution in [3.8, 4) is 17.2 Å². The molecule has 0 saturated carbocycles. The zero-order valence-corrected chi connectivity index (χ0v) is 20.7. The minimum atomic E-state index is -4.04. The van der Waals surface area contributed by atoms with E-state index in [1.165, 1.54) is 17.5 Å². The SMILES string of the molecule is COc1ccc(CN(Cc2ccc(OC)cc2)S(=O)(=O)c2cc(C3(O)COC3)ccc2OC)cc1. The molecule has 0 radical (unpaired) electrons. The van der Waals surface area contributed by atoms with Crippen molar-refractivity contribution >= 4 is 10.0 Å². The van der Waals surface area contributed by atoms with Crippen LogP contribution in [-0.2, 0) is 33.5 Å². The molecule has 0 unspecified atom stereocenters. The maximum Gasteiger partial charge on any atom is 0.247 e. The van der Waals surface area contributed by atoms with Gasteiger partial charge in [-0.25, -0.2) is 8.42 Å². The molecule has 0 amide bonds. The first kappa shape index (κ1) is 25.0. The van der Waals surface area contributed by atoms with Crippen LogP contribution in [0.5, 0.6) is 17.2 Å². The number of rotatable bonds is 10. The van der Waals surface area contributed by atoms with Gasteiger partial charge in [0.2, 0.25) is 10.0 Å². The number of benzene rings is 3. The molecule has 0 aromatic heterocycles. The smallest absolute Gasteiger partial charge is 0.247 e. The molecule has 1 N–H and O–H groups in total. The summed E-state index contributed by atoms with van der Waals surface area (Å²) in [6, 6.07) is 19.2. The van der Waals surface area contributed by atoms with E-state index in [0.29, 0.717) is 17.1 Å². The summed E-state index contributed by atoms with van der Waals surface area (Å²) in [7, 11) is 0.537. The van der Waals surface area contributed by atoms with Crippen molar-refractivity contribution < 1.29 is 32.5 Å². The molecule has 0 bridgehead atoms. The summed E-state index contributed by atoms with van der Waals surface area (Å²) in [5, 5.41) is 10.7. The van der Waals surface area contributed by atoms with Crippen molar-refractivity contribution in [1.82, 2.24) is 4.31 Å². The quantitative estimate of drug-likeness (QED) is 0.457. The van der Waals surface area contributed by atoms with Crippen LogP contribution in [-0.4, -0.2) is 52.4 Å². The van der Waals surface area contributed by atoms with Crippen molar-refractivity contribution in [1.29, 1.82) is 0 Å². The van der Waals surface area contributed by atoms with Gasteiger partial charge < -0.3 is 24.1 Å². The largest absolute Gasteiger partial charge is 0.497 e. The van der Waals surface area contributed by atoms with Gasteiger partial charge in [-0.05, 0) is 53.1 Å². The Kier molecular flexibility index (Phi) is 7.32. The van der Waals surface area contributed by atoms with E-state index in [-0.39, 0.29) is 36.9 Å². The third-order valence-corrected chi connectivity index (χ3v) is 7.85. The van der Waals surface area contributed by atoms with Crippen molar-refractivity contribution in [2.24, 2.45) is 0 Å². The summed E-state index contributed by atoms with van der Waals surface area (Å²) < 4.78 is 50.5. The summed E-state index contributed by atoms with van der Waals surface area (Å²) in [4.78, 5) is -0.0140. The van der Waals surface area contributed by atoms with Gasteiger partial charge in [0.25, 0.3) is 0 Å². The van der Waals surface area contributed by atoms with Crippen LogP contribution in [0.1, 0.15) is 16.7 Å². The van der Waals surface area contributed by atoms with Gasteiger partial charge in [-0.1, -0.05) is 30.3 Å². The highest BCUT2D eigenvalue weighted by molar-refractivity contribution is 7.89. The second kappa shape index (κ2) is 10.2. The molecule has 8 nitrogen and oxygen atoms in total. The maximum atomic E-state index is 14.0. The molecule has 35 heavy (non-hydrogen) atoms. The van der Waals surface area contributed by atoms with Gasteiger partial charge in [-0.3, -0.25) is 0 Å². The van der Waals surface area contributed by atoms with Gasteiger partial charge in [0.1, 0.15) is 27.7 Å². The molecule has 0 aliphatic carbocycles. The average molecular weight is 500 g/mol. The molecule has 3 aromatic carbocycles. The second-order valence-corrected chi connectivity index (χ2v) is 10.3. The van der Waals surface area contributed by atoms with Crippen LogP contribution in [0.4, 0.5) is 0 Å². The van der Waals surface area contributed by atoms with E-state index in [0.717, 1.165) is 11.1 Å². The van der Waals surface area contributed by atoms with Gasteiger partial charge in [0, 0.05) is 13.1 Å². The van der Waals surface area contributed by atoms with Crippen LogP contribution in [0.15, 0.2) is 71.6 Å². The molecular weight excluding hydrogens is 470 g/mol. The van der Waals surface area contributed by atoms with E-state index < -0.39 is 15.6 Å². The number of aliphatic hydroxyl groups is 1. The van der Waals surface area contributed by atoms with Crippen molar-refractivity contribution in [3.05, 3.63) is 83.4 Å². The second-order valence-electron chi connectivity index (χ2n) is 8.36. The highest BCUT2D eigenvalue weighted by Gasteiger charge is 2.39. The average Bonchev–Trinajstić information content (AvgIpc) is 2.87. The Morgan fingerprint density at radius 3 is 1.74 bits per heavy atom. The summed E-state index contributed by atoms with van der Waals surface area (Å²) in [6.07, 6.45) is 0. The molecule has 1 aliphatic heterocycles. The molecule has 3 aromatic rings. The predicted octanol–water partition coefficient (Wildman–Crippen LogP) is 3.32. The lowest BCUT2D eigenvalue weighted by molar-refractivity contribution is -0.184. The Bertz CT molecular complexity index is 1200. The Morgan fingerprint density at radius 2 is 1.34 bits per heavy atom. The van der Waals surface area contributed by atoms with Crippen LogP contribution < -0.4 is 14.2 Å². The number of hydrogen-bond donors (Lipinski definition) is 1. The number of nitrogens with zero attached hydrogens (tertiary/aromatic N) is 1. The standard InChI is InChI=1S/C26H29NO7S/c1-31-22-9-4-19(5-10-22)15-27(16-20-6-11-23(32-2)12-7-20)35(29,30)25-14-21(8-13-24(25)33-3)26(28)17-34-18-26/h4-14,28H,15-18H2,1-3H3. The van der Waals surface area contributed by atoms with Crippen LogP contribution >= 0.6 is 0 Å². The zero-order chi connectivity index (χ0) is 25.1. The highest BCUT2D eigenvalue weighted by Crippen LogP contribution is 2.36. The van der Waals surface area contributed by atoms with Crippen molar-refractivity contribution in [2.45, 2.75) is 23.6 Å². The lowest BCUT2D eigenvalue weighted by atomic mass is 9.92. The Morgan fingerprint density at radius 1 is 0.829 bits per heavy atom. The van der Waals surface area contributed by atoms with E-state index in [9.17, 15) is 13.5 Å². The van der Waals surface area contributed by atoms with E-state index in [1.54, 1.807) is 50.6 Å². The summed E-state index contributed by atoms with van der Waals surface area (Å²) in [6.45, 7) is 0.471. The first-order valence-corrected chi connectivity index (χ1v) is 12.5. The van der Waals surface area contributed by atoms with Gasteiger partial charge in [-0.15, -0.1) is 0 Å². The van der Waals surface area contributed by atoms with E-state index in [1.807, 2.05) is 24.3 Å². The zero-order valence-electron chi connectivity index (χ0n) is 19.9. The normalized spacial score (nSPS) is 14.9. The molecule has 186 valence electrons. The van der Waals surface area contributed by atoms with Gasteiger partial charge in [-0.2, -0.15) is 4.31 Å². The Labute approximate surface area is 205 Å². The first-order chi connectivity index (χ1) is 16.8.